The molecule has 4 heteroatoms. The quantitative estimate of drug-likeness (QED) is 0.919. The SMILES string of the molecule is CCn1c(C2(C(C)C)CCNC2)nc2cnccc21. The van der Waals surface area contributed by atoms with Gasteiger partial charge in [-0.1, -0.05) is 13.8 Å². The predicted octanol–water partition coefficient (Wildman–Crippen LogP) is 2.34. The van der Waals surface area contributed by atoms with Gasteiger partial charge in [0.2, 0.25) is 0 Å². The molecule has 19 heavy (non-hydrogen) atoms. The van der Waals surface area contributed by atoms with Crippen molar-refractivity contribution in [2.24, 2.45) is 5.92 Å². The fourth-order valence-electron chi connectivity index (χ4n) is 3.34. The summed E-state index contributed by atoms with van der Waals surface area (Å²) in [4.78, 5) is 9.12. The highest BCUT2D eigenvalue weighted by Crippen LogP contribution is 2.38. The maximum atomic E-state index is 4.92. The highest BCUT2D eigenvalue weighted by Gasteiger charge is 2.42. The van der Waals surface area contributed by atoms with Gasteiger partial charge in [-0.3, -0.25) is 4.98 Å². The summed E-state index contributed by atoms with van der Waals surface area (Å²) in [5.41, 5.74) is 2.39. The van der Waals surface area contributed by atoms with Crippen molar-refractivity contribution in [1.82, 2.24) is 19.9 Å². The van der Waals surface area contributed by atoms with E-state index in [1.165, 1.54) is 17.8 Å². The molecule has 3 rings (SSSR count). The summed E-state index contributed by atoms with van der Waals surface area (Å²) in [7, 11) is 0. The van der Waals surface area contributed by atoms with Crippen LogP contribution in [-0.4, -0.2) is 27.6 Å². The lowest BCUT2D eigenvalue weighted by atomic mass is 9.75. The van der Waals surface area contributed by atoms with E-state index in [4.69, 9.17) is 4.98 Å². The molecular formula is C15H22N4. The van der Waals surface area contributed by atoms with Gasteiger partial charge in [0.1, 0.15) is 11.3 Å². The van der Waals surface area contributed by atoms with Crippen LogP contribution in [0.2, 0.25) is 0 Å². The molecule has 1 aliphatic heterocycles. The molecule has 1 fully saturated rings. The summed E-state index contributed by atoms with van der Waals surface area (Å²) in [6, 6.07) is 2.08. The highest BCUT2D eigenvalue weighted by atomic mass is 15.1. The lowest BCUT2D eigenvalue weighted by Crippen LogP contribution is -2.37. The Hall–Kier alpha value is -1.42. The minimum atomic E-state index is 0.162. The third-order valence-corrected chi connectivity index (χ3v) is 4.61. The lowest BCUT2D eigenvalue weighted by molar-refractivity contribution is 0.308. The van der Waals surface area contributed by atoms with Crippen molar-refractivity contribution in [1.29, 1.82) is 0 Å². The number of hydrogen-bond donors (Lipinski definition) is 1. The number of pyridine rings is 1. The fourth-order valence-corrected chi connectivity index (χ4v) is 3.34. The van der Waals surface area contributed by atoms with Crippen LogP contribution >= 0.6 is 0 Å². The maximum Gasteiger partial charge on any atom is 0.117 e. The Kier molecular flexibility index (Phi) is 3.05. The average Bonchev–Trinajstić information content (AvgIpc) is 3.03. The Morgan fingerprint density at radius 1 is 1.47 bits per heavy atom. The fraction of sp³-hybridized carbons (Fsp3) is 0.600. The van der Waals surface area contributed by atoms with Crippen LogP contribution in [0.4, 0.5) is 0 Å². The van der Waals surface area contributed by atoms with Crippen molar-refractivity contribution in [2.75, 3.05) is 13.1 Å². The summed E-state index contributed by atoms with van der Waals surface area (Å²) in [5.74, 6) is 1.82. The summed E-state index contributed by atoms with van der Waals surface area (Å²) >= 11 is 0. The molecular weight excluding hydrogens is 236 g/mol. The van der Waals surface area contributed by atoms with E-state index in [1.54, 1.807) is 0 Å². The lowest BCUT2D eigenvalue weighted by Gasteiger charge is -2.32. The number of nitrogens with zero attached hydrogens (tertiary/aromatic N) is 3. The molecule has 1 atom stereocenters. The molecule has 2 aromatic heterocycles. The van der Waals surface area contributed by atoms with Gasteiger partial charge in [0.25, 0.3) is 0 Å². The molecule has 0 aromatic carbocycles. The minimum absolute atomic E-state index is 0.162. The van der Waals surface area contributed by atoms with Crippen LogP contribution in [-0.2, 0) is 12.0 Å². The first-order chi connectivity index (χ1) is 9.19. The summed E-state index contributed by atoms with van der Waals surface area (Å²) in [6.45, 7) is 9.89. The topological polar surface area (TPSA) is 42.7 Å². The molecule has 2 aromatic rings. The Labute approximate surface area is 114 Å². The number of fused-ring (bicyclic) bond motifs is 1. The smallest absolute Gasteiger partial charge is 0.117 e. The molecule has 0 amide bonds. The second-order valence-corrected chi connectivity index (χ2v) is 5.78. The first-order valence-electron chi connectivity index (χ1n) is 7.20. The van der Waals surface area contributed by atoms with Gasteiger partial charge in [-0.05, 0) is 31.9 Å². The second-order valence-electron chi connectivity index (χ2n) is 5.78. The monoisotopic (exact) mass is 258 g/mol. The standard InChI is InChI=1S/C15H22N4/c1-4-19-13-5-7-16-9-12(13)18-14(19)15(11(2)3)6-8-17-10-15/h5,7,9,11,17H,4,6,8,10H2,1-3H3. The van der Waals surface area contributed by atoms with Crippen LogP contribution in [0.25, 0.3) is 11.0 Å². The van der Waals surface area contributed by atoms with Crippen LogP contribution < -0.4 is 5.32 Å². The molecule has 1 saturated heterocycles. The molecule has 4 nitrogen and oxygen atoms in total. The van der Waals surface area contributed by atoms with E-state index < -0.39 is 0 Å². The van der Waals surface area contributed by atoms with E-state index in [1.807, 2.05) is 12.4 Å². The number of hydrogen-bond acceptors (Lipinski definition) is 3. The van der Waals surface area contributed by atoms with Gasteiger partial charge in [0.15, 0.2) is 0 Å². The minimum Gasteiger partial charge on any atom is -0.328 e. The van der Waals surface area contributed by atoms with Crippen LogP contribution in [0.3, 0.4) is 0 Å². The number of aromatic nitrogens is 3. The Morgan fingerprint density at radius 2 is 2.32 bits per heavy atom. The molecule has 0 spiro atoms. The molecule has 1 N–H and O–H groups in total. The summed E-state index contributed by atoms with van der Waals surface area (Å²) < 4.78 is 2.37. The van der Waals surface area contributed by atoms with Crippen molar-refractivity contribution in [3.63, 3.8) is 0 Å². The normalized spacial score (nSPS) is 23.6. The van der Waals surface area contributed by atoms with Gasteiger partial charge < -0.3 is 9.88 Å². The molecule has 1 unspecified atom stereocenters. The summed E-state index contributed by atoms with van der Waals surface area (Å²) in [5, 5.41) is 3.52. The van der Waals surface area contributed by atoms with Crippen molar-refractivity contribution >= 4 is 11.0 Å². The van der Waals surface area contributed by atoms with Gasteiger partial charge in [0.05, 0.1) is 11.7 Å². The van der Waals surface area contributed by atoms with E-state index in [0.29, 0.717) is 5.92 Å². The first kappa shape index (κ1) is 12.6. The highest BCUT2D eigenvalue weighted by molar-refractivity contribution is 5.75. The number of rotatable bonds is 3. The first-order valence-corrected chi connectivity index (χ1v) is 7.20. The molecule has 0 bridgehead atoms. The van der Waals surface area contributed by atoms with Crippen molar-refractivity contribution in [3.8, 4) is 0 Å². The molecule has 0 radical (unpaired) electrons. The molecule has 3 heterocycles. The van der Waals surface area contributed by atoms with Crippen LogP contribution in [0.1, 0.15) is 33.0 Å². The van der Waals surface area contributed by atoms with E-state index in [9.17, 15) is 0 Å². The van der Waals surface area contributed by atoms with Crippen LogP contribution in [0.5, 0.6) is 0 Å². The Bertz CT molecular complexity index is 579. The number of aryl methyl sites for hydroxylation is 1. The third kappa shape index (κ3) is 1.77. The van der Waals surface area contributed by atoms with Crippen molar-refractivity contribution in [3.05, 3.63) is 24.3 Å². The van der Waals surface area contributed by atoms with Gasteiger partial charge in [-0.15, -0.1) is 0 Å². The molecule has 0 aliphatic carbocycles. The zero-order valence-electron chi connectivity index (χ0n) is 12.0. The predicted molar refractivity (Wildman–Crippen MR) is 77.2 cm³/mol. The average molecular weight is 258 g/mol. The van der Waals surface area contributed by atoms with E-state index >= 15 is 0 Å². The zero-order chi connectivity index (χ0) is 13.5. The largest absolute Gasteiger partial charge is 0.328 e. The van der Waals surface area contributed by atoms with Crippen LogP contribution in [0, 0.1) is 5.92 Å². The van der Waals surface area contributed by atoms with E-state index in [2.05, 4.69) is 41.7 Å². The van der Waals surface area contributed by atoms with Crippen molar-refractivity contribution in [2.45, 2.75) is 39.2 Å². The second kappa shape index (κ2) is 4.60. The third-order valence-electron chi connectivity index (χ3n) is 4.61. The Morgan fingerprint density at radius 3 is 2.95 bits per heavy atom. The van der Waals surface area contributed by atoms with Crippen molar-refractivity contribution < 1.29 is 0 Å². The van der Waals surface area contributed by atoms with E-state index in [-0.39, 0.29) is 5.41 Å². The molecule has 1 aliphatic rings. The van der Waals surface area contributed by atoms with Gasteiger partial charge in [-0.25, -0.2) is 4.98 Å². The van der Waals surface area contributed by atoms with E-state index in [0.717, 1.165) is 25.2 Å². The summed E-state index contributed by atoms with van der Waals surface area (Å²) in [6.07, 6.45) is 4.90. The van der Waals surface area contributed by atoms with Gasteiger partial charge in [-0.2, -0.15) is 0 Å². The van der Waals surface area contributed by atoms with Gasteiger partial charge >= 0.3 is 0 Å². The molecule has 102 valence electrons. The molecule has 0 saturated carbocycles. The number of imidazole rings is 1. The number of nitrogens with one attached hydrogen (secondary N) is 1. The van der Waals surface area contributed by atoms with Gasteiger partial charge in [0, 0.05) is 24.7 Å². The Balaban J connectivity index is 2.23. The van der Waals surface area contributed by atoms with Crippen LogP contribution in [0.15, 0.2) is 18.5 Å². The maximum absolute atomic E-state index is 4.92. The zero-order valence-corrected chi connectivity index (χ0v) is 12.0.